The average molecular weight is 386 g/mol. The first kappa shape index (κ1) is 20.9. The Morgan fingerprint density at radius 3 is 2.32 bits per heavy atom. The van der Waals surface area contributed by atoms with Crippen LogP contribution >= 0.6 is 0 Å². The number of hydrogen-bond acceptors (Lipinski definition) is 8. The molecule has 1 saturated heterocycles. The topological polar surface area (TPSA) is 112 Å². The van der Waals surface area contributed by atoms with Crippen molar-refractivity contribution in [2.24, 2.45) is 0 Å². The minimum atomic E-state index is -0.629. The maximum atomic E-state index is 12.6. The first-order valence-electron chi connectivity index (χ1n) is 8.56. The predicted octanol–water partition coefficient (Wildman–Crippen LogP) is 0.853. The molecule has 0 spiro atoms. The summed E-state index contributed by atoms with van der Waals surface area (Å²) < 4.78 is 9.40. The third-order valence-corrected chi connectivity index (χ3v) is 4.36. The number of carbonyl (C=O) groups is 3. The van der Waals surface area contributed by atoms with Gasteiger partial charge in [-0.25, -0.2) is 9.59 Å². The number of anilines is 1. The summed E-state index contributed by atoms with van der Waals surface area (Å²) >= 11 is 0. The van der Waals surface area contributed by atoms with E-state index in [4.69, 9.17) is 4.74 Å². The van der Waals surface area contributed by atoms with Crippen molar-refractivity contribution in [3.05, 3.63) is 41.1 Å². The Kier molecular flexibility index (Phi) is 7.12. The summed E-state index contributed by atoms with van der Waals surface area (Å²) in [5.41, 5.74) is 0.461. The summed E-state index contributed by atoms with van der Waals surface area (Å²) in [5, 5.41) is 12.2. The molecule has 0 unspecified atom stereocenters. The predicted molar refractivity (Wildman–Crippen MR) is 101 cm³/mol. The van der Waals surface area contributed by atoms with Crippen molar-refractivity contribution in [2.75, 3.05) is 52.8 Å². The molecule has 9 heteroatoms. The van der Waals surface area contributed by atoms with Crippen LogP contribution in [0.15, 0.2) is 30.0 Å². The number of carbonyl (C=O) groups excluding carboxylic acids is 3. The lowest BCUT2D eigenvalue weighted by molar-refractivity contribution is -0.128. The van der Waals surface area contributed by atoms with Crippen molar-refractivity contribution >= 4 is 23.5 Å². The van der Waals surface area contributed by atoms with Crippen LogP contribution in [0.2, 0.25) is 0 Å². The van der Waals surface area contributed by atoms with Crippen LogP contribution in [0.1, 0.15) is 20.7 Å². The van der Waals surface area contributed by atoms with Crippen molar-refractivity contribution in [2.45, 2.75) is 0 Å². The average Bonchev–Trinajstić information content (AvgIpc) is 2.73. The van der Waals surface area contributed by atoms with E-state index >= 15 is 0 Å². The summed E-state index contributed by atoms with van der Waals surface area (Å²) in [6.45, 7) is 2.51. The highest BCUT2D eigenvalue weighted by Gasteiger charge is 2.22. The molecule has 1 aromatic carbocycles. The van der Waals surface area contributed by atoms with Gasteiger partial charge in [-0.2, -0.15) is 5.26 Å². The van der Waals surface area contributed by atoms with Crippen LogP contribution < -0.4 is 5.32 Å². The molecular weight excluding hydrogens is 364 g/mol. The molecule has 1 amide bonds. The summed E-state index contributed by atoms with van der Waals surface area (Å²) in [4.78, 5) is 40.0. The number of nitriles is 1. The van der Waals surface area contributed by atoms with Crippen LogP contribution in [-0.2, 0) is 14.3 Å². The number of benzene rings is 1. The van der Waals surface area contributed by atoms with Crippen molar-refractivity contribution in [3.8, 4) is 6.07 Å². The fourth-order valence-electron chi connectivity index (χ4n) is 2.67. The van der Waals surface area contributed by atoms with Gasteiger partial charge in [0.2, 0.25) is 0 Å². The Hall–Kier alpha value is -3.38. The van der Waals surface area contributed by atoms with Crippen molar-refractivity contribution in [1.29, 1.82) is 5.26 Å². The Balaban J connectivity index is 2.28. The molecule has 9 nitrogen and oxygen atoms in total. The fraction of sp³-hybridized carbons (Fsp3) is 0.368. The van der Waals surface area contributed by atoms with Gasteiger partial charge in [-0.15, -0.1) is 0 Å². The number of piperazine rings is 1. The zero-order valence-corrected chi connectivity index (χ0v) is 16.0. The van der Waals surface area contributed by atoms with Crippen LogP contribution in [0.25, 0.3) is 0 Å². The van der Waals surface area contributed by atoms with E-state index < -0.39 is 17.8 Å². The minimum absolute atomic E-state index is 0.108. The second-order valence-corrected chi connectivity index (χ2v) is 6.15. The van der Waals surface area contributed by atoms with Gasteiger partial charge < -0.3 is 24.6 Å². The molecule has 0 aliphatic carbocycles. The van der Waals surface area contributed by atoms with E-state index in [1.54, 1.807) is 4.90 Å². The second-order valence-electron chi connectivity index (χ2n) is 6.15. The molecule has 1 fully saturated rings. The van der Waals surface area contributed by atoms with Gasteiger partial charge in [-0.3, -0.25) is 4.79 Å². The number of rotatable bonds is 5. The van der Waals surface area contributed by atoms with Gasteiger partial charge in [0.15, 0.2) is 0 Å². The van der Waals surface area contributed by atoms with Gasteiger partial charge in [0.25, 0.3) is 5.91 Å². The molecule has 1 heterocycles. The molecule has 0 atom stereocenters. The van der Waals surface area contributed by atoms with Crippen LogP contribution in [0, 0.1) is 11.3 Å². The van der Waals surface area contributed by atoms with E-state index in [0.29, 0.717) is 13.1 Å². The Morgan fingerprint density at radius 2 is 1.75 bits per heavy atom. The largest absolute Gasteiger partial charge is 0.465 e. The Labute approximate surface area is 163 Å². The number of likely N-dealkylation sites (N-methyl/N-ethyl adjacent to an activating group) is 1. The Morgan fingerprint density at radius 1 is 1.11 bits per heavy atom. The quantitative estimate of drug-likeness (QED) is 0.450. The number of esters is 2. The molecule has 1 aromatic rings. The van der Waals surface area contributed by atoms with Crippen molar-refractivity contribution in [3.63, 3.8) is 0 Å². The minimum Gasteiger partial charge on any atom is -0.465 e. The number of nitrogens with zero attached hydrogens (tertiary/aromatic N) is 3. The van der Waals surface area contributed by atoms with Crippen LogP contribution in [0.3, 0.4) is 0 Å². The third-order valence-electron chi connectivity index (χ3n) is 4.36. The van der Waals surface area contributed by atoms with Gasteiger partial charge in [0, 0.05) is 32.4 Å². The van der Waals surface area contributed by atoms with E-state index in [-0.39, 0.29) is 22.4 Å². The number of hydrogen-bond donors (Lipinski definition) is 1. The highest BCUT2D eigenvalue weighted by Crippen LogP contribution is 2.20. The van der Waals surface area contributed by atoms with E-state index in [0.717, 1.165) is 13.1 Å². The third kappa shape index (κ3) is 4.86. The number of methoxy groups -OCH3 is 2. The van der Waals surface area contributed by atoms with Gasteiger partial charge in [-0.1, -0.05) is 0 Å². The summed E-state index contributed by atoms with van der Waals surface area (Å²) in [6, 6.07) is 6.10. The van der Waals surface area contributed by atoms with E-state index in [1.807, 2.05) is 13.1 Å². The standard InChI is InChI=1S/C19H22N4O5/c1-22-6-8-23(9-7-22)17(24)14(11-20)12-21-16-10-13(18(25)27-2)4-5-15(16)19(26)28-3/h4-5,10,12,21H,6-9H2,1-3H3/b14-12-. The maximum Gasteiger partial charge on any atom is 0.339 e. The Bertz CT molecular complexity index is 835. The molecule has 28 heavy (non-hydrogen) atoms. The van der Waals surface area contributed by atoms with Crippen LogP contribution in [0.4, 0.5) is 5.69 Å². The smallest absolute Gasteiger partial charge is 0.339 e. The zero-order valence-electron chi connectivity index (χ0n) is 16.0. The van der Waals surface area contributed by atoms with Crippen LogP contribution in [-0.4, -0.2) is 75.1 Å². The maximum absolute atomic E-state index is 12.6. The van der Waals surface area contributed by atoms with Crippen molar-refractivity contribution < 1.29 is 23.9 Å². The van der Waals surface area contributed by atoms with Crippen LogP contribution in [0.5, 0.6) is 0 Å². The summed E-state index contributed by atoms with van der Waals surface area (Å²) in [7, 11) is 4.44. The SMILES string of the molecule is COC(=O)c1ccc(C(=O)OC)c(N/C=C(/C#N)C(=O)N2CCN(C)CC2)c1. The summed E-state index contributed by atoms with van der Waals surface area (Å²) in [5.74, 6) is -1.61. The molecule has 148 valence electrons. The first-order chi connectivity index (χ1) is 13.4. The number of nitrogens with one attached hydrogen (secondary N) is 1. The molecule has 0 aromatic heterocycles. The van der Waals surface area contributed by atoms with Gasteiger partial charge in [0.05, 0.1) is 31.0 Å². The van der Waals surface area contributed by atoms with Gasteiger partial charge in [-0.05, 0) is 25.2 Å². The zero-order chi connectivity index (χ0) is 20.7. The number of amides is 1. The lowest BCUT2D eigenvalue weighted by Crippen LogP contribution is -2.47. The van der Waals surface area contributed by atoms with E-state index in [2.05, 4.69) is 15.0 Å². The normalized spacial score (nSPS) is 14.8. The summed E-state index contributed by atoms with van der Waals surface area (Å²) in [6.07, 6.45) is 1.23. The molecule has 2 rings (SSSR count). The lowest BCUT2D eigenvalue weighted by Gasteiger charge is -2.32. The molecule has 0 saturated carbocycles. The van der Waals surface area contributed by atoms with E-state index in [1.165, 1.54) is 38.6 Å². The number of ether oxygens (including phenoxy) is 2. The van der Waals surface area contributed by atoms with E-state index in [9.17, 15) is 19.6 Å². The molecule has 0 radical (unpaired) electrons. The molecule has 0 bridgehead atoms. The highest BCUT2D eigenvalue weighted by atomic mass is 16.5. The first-order valence-corrected chi connectivity index (χ1v) is 8.56. The molecular formula is C19H22N4O5. The fourth-order valence-corrected chi connectivity index (χ4v) is 2.67. The highest BCUT2D eigenvalue weighted by molar-refractivity contribution is 6.00. The second kappa shape index (κ2) is 9.53. The lowest BCUT2D eigenvalue weighted by atomic mass is 10.1. The van der Waals surface area contributed by atoms with Gasteiger partial charge in [0.1, 0.15) is 11.6 Å². The van der Waals surface area contributed by atoms with Gasteiger partial charge >= 0.3 is 11.9 Å². The monoisotopic (exact) mass is 386 g/mol. The molecule has 1 N–H and O–H groups in total. The molecule has 1 aliphatic rings. The van der Waals surface area contributed by atoms with Crippen molar-refractivity contribution in [1.82, 2.24) is 9.80 Å². The molecule has 1 aliphatic heterocycles.